The van der Waals surface area contributed by atoms with E-state index in [4.69, 9.17) is 10.5 Å². The van der Waals surface area contributed by atoms with Crippen LogP contribution in [0.1, 0.15) is 38.8 Å². The SMILES string of the molecule is CC[C@H](O)[C@H](N)c1ccc(OC(C)C)cc1.Cl. The molecule has 0 aliphatic heterocycles. The Morgan fingerprint density at radius 2 is 1.76 bits per heavy atom. The minimum atomic E-state index is -0.489. The Morgan fingerprint density at radius 3 is 2.18 bits per heavy atom. The number of nitrogens with two attached hydrogens (primary N) is 1. The van der Waals surface area contributed by atoms with Gasteiger partial charge in [-0.2, -0.15) is 0 Å². The number of aliphatic hydroxyl groups excluding tert-OH is 1. The Bertz CT molecular complexity index is 314. The van der Waals surface area contributed by atoms with Gasteiger partial charge in [0.1, 0.15) is 5.75 Å². The summed E-state index contributed by atoms with van der Waals surface area (Å²) in [6, 6.07) is 7.26. The monoisotopic (exact) mass is 259 g/mol. The molecule has 0 heterocycles. The summed E-state index contributed by atoms with van der Waals surface area (Å²) >= 11 is 0. The maximum atomic E-state index is 9.64. The first-order chi connectivity index (χ1) is 7.54. The Labute approximate surface area is 109 Å². The zero-order valence-corrected chi connectivity index (χ0v) is 11.4. The predicted molar refractivity (Wildman–Crippen MR) is 72.7 cm³/mol. The largest absolute Gasteiger partial charge is 0.491 e. The van der Waals surface area contributed by atoms with E-state index >= 15 is 0 Å². The van der Waals surface area contributed by atoms with Gasteiger partial charge in [-0.1, -0.05) is 19.1 Å². The van der Waals surface area contributed by atoms with Crippen LogP contribution in [0.15, 0.2) is 24.3 Å². The molecule has 3 nitrogen and oxygen atoms in total. The molecule has 4 heteroatoms. The molecular formula is C13H22ClNO2. The van der Waals surface area contributed by atoms with E-state index in [1.807, 2.05) is 45.0 Å². The third-order valence-electron chi connectivity index (χ3n) is 2.47. The molecule has 3 N–H and O–H groups in total. The van der Waals surface area contributed by atoms with Crippen molar-refractivity contribution in [1.82, 2.24) is 0 Å². The van der Waals surface area contributed by atoms with E-state index in [-0.39, 0.29) is 24.6 Å². The number of halogens is 1. The van der Waals surface area contributed by atoms with E-state index in [9.17, 15) is 5.11 Å². The van der Waals surface area contributed by atoms with E-state index < -0.39 is 6.10 Å². The minimum absolute atomic E-state index is 0. The molecule has 17 heavy (non-hydrogen) atoms. The van der Waals surface area contributed by atoms with E-state index in [0.717, 1.165) is 11.3 Å². The summed E-state index contributed by atoms with van der Waals surface area (Å²) in [5.74, 6) is 0.830. The third kappa shape index (κ3) is 4.94. The van der Waals surface area contributed by atoms with Gasteiger partial charge in [0.2, 0.25) is 0 Å². The van der Waals surface area contributed by atoms with Gasteiger partial charge < -0.3 is 15.6 Å². The molecule has 0 fully saturated rings. The number of benzene rings is 1. The van der Waals surface area contributed by atoms with Crippen molar-refractivity contribution in [2.24, 2.45) is 5.73 Å². The molecule has 0 bridgehead atoms. The first-order valence-electron chi connectivity index (χ1n) is 5.74. The lowest BCUT2D eigenvalue weighted by Crippen LogP contribution is -2.25. The first-order valence-corrected chi connectivity index (χ1v) is 5.74. The molecule has 0 aliphatic rings. The molecule has 0 saturated heterocycles. The maximum Gasteiger partial charge on any atom is 0.119 e. The number of ether oxygens (including phenoxy) is 1. The normalized spacial score (nSPS) is 14.0. The molecule has 0 aliphatic carbocycles. The summed E-state index contributed by atoms with van der Waals surface area (Å²) in [5, 5.41) is 9.64. The van der Waals surface area contributed by atoms with Gasteiger partial charge in [0.05, 0.1) is 18.2 Å². The second kappa shape index (κ2) is 7.54. The fourth-order valence-electron chi connectivity index (χ4n) is 1.52. The van der Waals surface area contributed by atoms with E-state index in [2.05, 4.69) is 0 Å². The summed E-state index contributed by atoms with van der Waals surface area (Å²) in [6.07, 6.45) is 0.337. The van der Waals surface area contributed by atoms with Crippen LogP contribution in [0.4, 0.5) is 0 Å². The Morgan fingerprint density at radius 1 is 1.24 bits per heavy atom. The summed E-state index contributed by atoms with van der Waals surface area (Å²) in [4.78, 5) is 0. The molecule has 98 valence electrons. The Balaban J connectivity index is 0.00000256. The minimum Gasteiger partial charge on any atom is -0.491 e. The van der Waals surface area contributed by atoms with Crippen LogP contribution in [0.3, 0.4) is 0 Å². The van der Waals surface area contributed by atoms with E-state index in [0.29, 0.717) is 6.42 Å². The average molecular weight is 260 g/mol. The van der Waals surface area contributed by atoms with Crippen LogP contribution in [0.25, 0.3) is 0 Å². The van der Waals surface area contributed by atoms with Gasteiger partial charge in [0.15, 0.2) is 0 Å². The van der Waals surface area contributed by atoms with Crippen molar-refractivity contribution in [3.8, 4) is 5.75 Å². The lowest BCUT2D eigenvalue weighted by molar-refractivity contribution is 0.140. The van der Waals surface area contributed by atoms with Crippen LogP contribution in [-0.4, -0.2) is 17.3 Å². The van der Waals surface area contributed by atoms with Crippen LogP contribution < -0.4 is 10.5 Å². The molecule has 1 rings (SSSR count). The summed E-state index contributed by atoms with van der Waals surface area (Å²) < 4.78 is 5.53. The lowest BCUT2D eigenvalue weighted by Gasteiger charge is -2.18. The smallest absolute Gasteiger partial charge is 0.119 e. The molecule has 1 aromatic rings. The highest BCUT2D eigenvalue weighted by atomic mass is 35.5. The van der Waals surface area contributed by atoms with Gasteiger partial charge in [-0.15, -0.1) is 12.4 Å². The van der Waals surface area contributed by atoms with Gasteiger partial charge in [0, 0.05) is 0 Å². The Hall–Kier alpha value is -0.770. The number of rotatable bonds is 5. The van der Waals surface area contributed by atoms with Crippen molar-refractivity contribution < 1.29 is 9.84 Å². The van der Waals surface area contributed by atoms with Crippen molar-refractivity contribution in [2.75, 3.05) is 0 Å². The molecule has 0 saturated carbocycles. The zero-order chi connectivity index (χ0) is 12.1. The van der Waals surface area contributed by atoms with Crippen molar-refractivity contribution in [2.45, 2.75) is 45.4 Å². The third-order valence-corrected chi connectivity index (χ3v) is 2.47. The Kier molecular flexibility index (Phi) is 7.19. The fourth-order valence-corrected chi connectivity index (χ4v) is 1.52. The maximum absolute atomic E-state index is 9.64. The quantitative estimate of drug-likeness (QED) is 0.855. The van der Waals surface area contributed by atoms with Crippen LogP contribution in [0.5, 0.6) is 5.75 Å². The molecule has 1 aromatic carbocycles. The molecule has 0 spiro atoms. The molecule has 2 atom stereocenters. The number of aliphatic hydroxyl groups is 1. The molecular weight excluding hydrogens is 238 g/mol. The van der Waals surface area contributed by atoms with Gasteiger partial charge in [0.25, 0.3) is 0 Å². The molecule has 0 unspecified atom stereocenters. The lowest BCUT2D eigenvalue weighted by atomic mass is 10.0. The second-order valence-corrected chi connectivity index (χ2v) is 4.24. The van der Waals surface area contributed by atoms with Crippen LogP contribution in [0, 0.1) is 0 Å². The summed E-state index contributed by atoms with van der Waals surface area (Å²) in [6.45, 7) is 5.89. The van der Waals surface area contributed by atoms with E-state index in [1.165, 1.54) is 0 Å². The van der Waals surface area contributed by atoms with Crippen molar-refractivity contribution in [1.29, 1.82) is 0 Å². The first kappa shape index (κ1) is 16.2. The van der Waals surface area contributed by atoms with Crippen molar-refractivity contribution in [3.63, 3.8) is 0 Å². The van der Waals surface area contributed by atoms with Crippen LogP contribution in [-0.2, 0) is 0 Å². The van der Waals surface area contributed by atoms with Crippen LogP contribution in [0.2, 0.25) is 0 Å². The molecule has 0 aromatic heterocycles. The van der Waals surface area contributed by atoms with E-state index in [1.54, 1.807) is 0 Å². The highest BCUT2D eigenvalue weighted by Crippen LogP contribution is 2.20. The van der Waals surface area contributed by atoms with Gasteiger partial charge in [-0.05, 0) is 38.0 Å². The van der Waals surface area contributed by atoms with Crippen molar-refractivity contribution >= 4 is 12.4 Å². The standard InChI is InChI=1S/C13H21NO2.ClH/c1-4-12(15)13(14)10-5-7-11(8-6-10)16-9(2)3;/h5-9,12-13,15H,4,14H2,1-3H3;1H/t12-,13+;/m0./s1. The highest BCUT2D eigenvalue weighted by molar-refractivity contribution is 5.85. The summed E-state index contributed by atoms with van der Waals surface area (Å²) in [7, 11) is 0. The van der Waals surface area contributed by atoms with Gasteiger partial charge in [-0.25, -0.2) is 0 Å². The number of hydrogen-bond acceptors (Lipinski definition) is 3. The van der Waals surface area contributed by atoms with Gasteiger partial charge >= 0.3 is 0 Å². The number of hydrogen-bond donors (Lipinski definition) is 2. The summed E-state index contributed by atoms with van der Waals surface area (Å²) in [5.41, 5.74) is 6.85. The van der Waals surface area contributed by atoms with Crippen molar-refractivity contribution in [3.05, 3.63) is 29.8 Å². The topological polar surface area (TPSA) is 55.5 Å². The van der Waals surface area contributed by atoms with Crippen LogP contribution >= 0.6 is 12.4 Å². The molecule has 0 radical (unpaired) electrons. The van der Waals surface area contributed by atoms with Gasteiger partial charge in [-0.3, -0.25) is 0 Å². The second-order valence-electron chi connectivity index (χ2n) is 4.24. The predicted octanol–water partition coefficient (Wildman–Crippen LogP) is 2.67. The highest BCUT2D eigenvalue weighted by Gasteiger charge is 2.14. The molecule has 0 amide bonds. The average Bonchev–Trinajstić information content (AvgIpc) is 2.27. The fraction of sp³-hybridized carbons (Fsp3) is 0.538. The zero-order valence-electron chi connectivity index (χ0n) is 10.6.